The molecular formula is C55H36. The van der Waals surface area contributed by atoms with Crippen molar-refractivity contribution in [2.45, 2.75) is 6.92 Å². The summed E-state index contributed by atoms with van der Waals surface area (Å²) in [4.78, 5) is 0. The minimum Gasteiger partial charge on any atom is -0.115 e. The molecule has 0 bridgehead atoms. The highest BCUT2D eigenvalue weighted by Crippen LogP contribution is 2.52. The van der Waals surface area contributed by atoms with Crippen molar-refractivity contribution in [3.63, 3.8) is 0 Å². The van der Waals surface area contributed by atoms with Gasteiger partial charge in [-0.2, -0.15) is 0 Å². The fourth-order valence-electron chi connectivity index (χ4n) is 9.10. The molecule has 0 aliphatic rings. The Labute approximate surface area is 321 Å². The first-order chi connectivity index (χ1) is 27.3. The van der Waals surface area contributed by atoms with Gasteiger partial charge in [0.05, 0.1) is 0 Å². The highest BCUT2D eigenvalue weighted by molar-refractivity contribution is 6.31. The maximum atomic E-state index is 6.67. The topological polar surface area (TPSA) is 0 Å². The maximum absolute atomic E-state index is 6.67. The second-order valence-electron chi connectivity index (χ2n) is 14.1. The lowest BCUT2D eigenvalue weighted by Gasteiger charge is -2.24. The summed E-state index contributed by atoms with van der Waals surface area (Å²) in [6.45, 7) is 2.07. The summed E-state index contributed by atoms with van der Waals surface area (Å²) >= 11 is 0. The molecule has 10 aromatic carbocycles. The Kier molecular flexibility index (Phi) is 7.87. The molecule has 0 nitrogen and oxygen atoms in total. The van der Waals surface area contributed by atoms with Crippen LogP contribution in [0.2, 0.25) is 0 Å². The van der Waals surface area contributed by atoms with E-state index in [0.29, 0.717) is 0 Å². The van der Waals surface area contributed by atoms with Crippen molar-refractivity contribution in [2.24, 2.45) is 0 Å². The lowest BCUT2D eigenvalue weighted by Crippen LogP contribution is -1.99. The Morgan fingerprint density at radius 3 is 0.945 bits per heavy atom. The minimum atomic E-state index is 0.904. The summed E-state index contributed by atoms with van der Waals surface area (Å²) in [6.07, 6.45) is 11.0. The van der Waals surface area contributed by atoms with Crippen LogP contribution in [0.1, 0.15) is 18.1 Å². The van der Waals surface area contributed by atoms with Crippen molar-refractivity contribution in [3.05, 3.63) is 199 Å². The Morgan fingerprint density at radius 2 is 0.600 bits per heavy atom. The van der Waals surface area contributed by atoms with Crippen LogP contribution < -0.4 is 0 Å². The highest BCUT2D eigenvalue weighted by atomic mass is 14.3. The van der Waals surface area contributed by atoms with Crippen molar-refractivity contribution in [1.82, 2.24) is 0 Å². The van der Waals surface area contributed by atoms with Crippen LogP contribution in [0.25, 0.3) is 104 Å². The van der Waals surface area contributed by atoms with E-state index in [-0.39, 0.29) is 0 Å². The summed E-state index contributed by atoms with van der Waals surface area (Å²) < 4.78 is 0. The first kappa shape index (κ1) is 32.5. The molecule has 0 unspecified atom stereocenters. The van der Waals surface area contributed by atoms with Gasteiger partial charge in [-0.1, -0.05) is 200 Å². The SMILES string of the molecule is C#Cc1c(/C=C\C)c(-c2ccccc2)c2ccccc2c1-c1c2ccccc2c(-c2c3ccccc3c(-c3ccccc3)c3ccccc23)c2ccccc12. The van der Waals surface area contributed by atoms with Crippen molar-refractivity contribution in [2.75, 3.05) is 0 Å². The van der Waals surface area contributed by atoms with E-state index in [1.165, 1.54) is 76.3 Å². The number of fused-ring (bicyclic) bond motifs is 5. The molecule has 0 saturated carbocycles. The average molecular weight is 697 g/mol. The van der Waals surface area contributed by atoms with Crippen LogP contribution in [0.3, 0.4) is 0 Å². The third-order valence-electron chi connectivity index (χ3n) is 11.2. The largest absolute Gasteiger partial charge is 0.115 e. The molecule has 10 rings (SSSR count). The van der Waals surface area contributed by atoms with E-state index in [4.69, 9.17) is 6.42 Å². The molecule has 0 fully saturated rings. The van der Waals surface area contributed by atoms with Crippen molar-refractivity contribution >= 4 is 59.9 Å². The average Bonchev–Trinajstić information content (AvgIpc) is 3.25. The Bertz CT molecular complexity index is 3080. The van der Waals surface area contributed by atoms with Gasteiger partial charge in [-0.3, -0.25) is 0 Å². The van der Waals surface area contributed by atoms with Crippen LogP contribution in [0.5, 0.6) is 0 Å². The van der Waals surface area contributed by atoms with E-state index in [1.54, 1.807) is 0 Å². The van der Waals surface area contributed by atoms with Gasteiger partial charge in [0.15, 0.2) is 0 Å². The lowest BCUT2D eigenvalue weighted by atomic mass is 9.78. The summed E-state index contributed by atoms with van der Waals surface area (Å²) in [5.74, 6) is 3.24. The second-order valence-corrected chi connectivity index (χ2v) is 14.1. The third-order valence-corrected chi connectivity index (χ3v) is 11.2. The normalized spacial score (nSPS) is 11.6. The molecule has 0 atom stereocenters. The molecule has 0 N–H and O–H groups in total. The Balaban J connectivity index is 1.41. The van der Waals surface area contributed by atoms with Crippen LogP contribution in [0, 0.1) is 12.3 Å². The summed E-state index contributed by atoms with van der Waals surface area (Å²) in [6, 6.07) is 66.0. The molecule has 0 heteroatoms. The molecule has 10 aromatic rings. The van der Waals surface area contributed by atoms with E-state index >= 15 is 0 Å². The zero-order chi connectivity index (χ0) is 36.9. The van der Waals surface area contributed by atoms with Gasteiger partial charge >= 0.3 is 0 Å². The van der Waals surface area contributed by atoms with E-state index in [0.717, 1.165) is 33.2 Å². The van der Waals surface area contributed by atoms with Gasteiger partial charge in [0.25, 0.3) is 0 Å². The number of benzene rings is 10. The molecule has 0 radical (unpaired) electrons. The molecule has 0 saturated heterocycles. The van der Waals surface area contributed by atoms with E-state index in [2.05, 4.69) is 207 Å². The van der Waals surface area contributed by atoms with Gasteiger partial charge in [0, 0.05) is 11.1 Å². The number of hydrogen-bond acceptors (Lipinski definition) is 0. The van der Waals surface area contributed by atoms with E-state index < -0.39 is 0 Å². The van der Waals surface area contributed by atoms with Gasteiger partial charge in [0.1, 0.15) is 0 Å². The van der Waals surface area contributed by atoms with Crippen LogP contribution in [-0.2, 0) is 0 Å². The van der Waals surface area contributed by atoms with E-state index in [9.17, 15) is 0 Å². The number of allylic oxidation sites excluding steroid dienone is 1. The number of rotatable bonds is 5. The fraction of sp³-hybridized carbons (Fsp3) is 0.0182. The zero-order valence-corrected chi connectivity index (χ0v) is 30.6. The van der Waals surface area contributed by atoms with Gasteiger partial charge in [0.2, 0.25) is 0 Å². The van der Waals surface area contributed by atoms with Crippen LogP contribution in [-0.4, -0.2) is 0 Å². The van der Waals surface area contributed by atoms with E-state index in [1.807, 2.05) is 0 Å². The lowest BCUT2D eigenvalue weighted by molar-refractivity contribution is 1.58. The molecule has 0 amide bonds. The van der Waals surface area contributed by atoms with Crippen LogP contribution in [0.15, 0.2) is 188 Å². The van der Waals surface area contributed by atoms with Crippen LogP contribution >= 0.6 is 0 Å². The number of hydrogen-bond donors (Lipinski definition) is 0. The van der Waals surface area contributed by atoms with Crippen molar-refractivity contribution in [1.29, 1.82) is 0 Å². The molecular weight excluding hydrogens is 661 g/mol. The summed E-state index contributed by atoms with van der Waals surface area (Å²) in [5, 5.41) is 12.0. The fourth-order valence-corrected chi connectivity index (χ4v) is 9.10. The van der Waals surface area contributed by atoms with Gasteiger partial charge in [-0.15, -0.1) is 6.42 Å². The van der Waals surface area contributed by atoms with Crippen LogP contribution in [0.4, 0.5) is 0 Å². The summed E-state index contributed by atoms with van der Waals surface area (Å²) in [7, 11) is 0. The molecule has 0 aromatic heterocycles. The molecule has 0 heterocycles. The Morgan fingerprint density at radius 1 is 0.327 bits per heavy atom. The van der Waals surface area contributed by atoms with Crippen molar-refractivity contribution in [3.8, 4) is 56.9 Å². The van der Waals surface area contributed by atoms with Gasteiger partial charge in [-0.25, -0.2) is 0 Å². The third kappa shape index (κ3) is 5.02. The predicted molar refractivity (Wildman–Crippen MR) is 238 cm³/mol. The quantitative estimate of drug-likeness (QED) is 0.124. The van der Waals surface area contributed by atoms with Crippen molar-refractivity contribution < 1.29 is 0 Å². The highest BCUT2D eigenvalue weighted by Gasteiger charge is 2.26. The summed E-state index contributed by atoms with van der Waals surface area (Å²) in [5.41, 5.74) is 11.5. The molecule has 0 spiro atoms. The molecule has 55 heavy (non-hydrogen) atoms. The minimum absolute atomic E-state index is 0.904. The molecule has 0 aliphatic heterocycles. The first-order valence-electron chi connectivity index (χ1n) is 18.9. The number of terminal acetylenes is 1. The van der Waals surface area contributed by atoms with Gasteiger partial charge in [-0.05, 0) is 105 Å². The predicted octanol–water partition coefficient (Wildman–Crippen LogP) is 15.1. The molecule has 256 valence electrons. The smallest absolute Gasteiger partial charge is 0.0406 e. The maximum Gasteiger partial charge on any atom is 0.0406 e. The standard InChI is InChI=1S/C55H36/c1-3-21-39-38(4-2)52(43-29-14-11-26-40(43)50(39)36-22-7-5-8-23-36)53-46-32-17-19-34-48(46)55(49-35-20-18-33-47(49)53)54-44-30-15-12-27-41(44)51(37-24-9-6-10-25-37)42-28-13-16-31-45(42)54/h2-3,5-35H,1H3/b21-3-. The zero-order valence-electron chi connectivity index (χ0n) is 30.6. The Hall–Kier alpha value is -7.20. The molecule has 0 aliphatic carbocycles. The first-order valence-corrected chi connectivity index (χ1v) is 18.9. The monoisotopic (exact) mass is 696 g/mol. The van der Waals surface area contributed by atoms with Gasteiger partial charge < -0.3 is 0 Å². The second kappa shape index (κ2) is 13.3.